The standard InChI is InChI=1S/C17H23N5OS/c23-17(19-13-3-4-13)16-11-22(21-20-16)14-7-5-12(6-8-14)18-10-15-2-1-9-24-15/h1-2,9,11-14,18H,3-8,10H2,(H,19,23). The van der Waals surface area contributed by atoms with Crippen LogP contribution < -0.4 is 10.6 Å². The fraction of sp³-hybridized carbons (Fsp3) is 0.588. The second kappa shape index (κ2) is 7.03. The maximum absolute atomic E-state index is 12.0. The number of thiophene rings is 1. The average molecular weight is 345 g/mol. The summed E-state index contributed by atoms with van der Waals surface area (Å²) >= 11 is 1.80. The van der Waals surface area contributed by atoms with Crippen LogP contribution in [0.4, 0.5) is 0 Å². The van der Waals surface area contributed by atoms with Gasteiger partial charge in [0.2, 0.25) is 0 Å². The van der Waals surface area contributed by atoms with Gasteiger partial charge in [-0.3, -0.25) is 4.79 Å². The van der Waals surface area contributed by atoms with E-state index in [9.17, 15) is 4.79 Å². The summed E-state index contributed by atoms with van der Waals surface area (Å²) in [6.45, 7) is 0.960. The fourth-order valence-corrected chi connectivity index (χ4v) is 3.90. The Morgan fingerprint density at radius 3 is 2.71 bits per heavy atom. The van der Waals surface area contributed by atoms with Crippen molar-refractivity contribution in [3.05, 3.63) is 34.3 Å². The van der Waals surface area contributed by atoms with E-state index in [1.165, 1.54) is 4.88 Å². The topological polar surface area (TPSA) is 71.8 Å². The molecule has 0 aliphatic heterocycles. The van der Waals surface area contributed by atoms with Gasteiger partial charge >= 0.3 is 0 Å². The number of hydrogen-bond acceptors (Lipinski definition) is 5. The zero-order valence-electron chi connectivity index (χ0n) is 13.6. The normalized spacial score (nSPS) is 24.0. The first-order chi connectivity index (χ1) is 11.8. The lowest BCUT2D eigenvalue weighted by molar-refractivity contribution is 0.0946. The maximum Gasteiger partial charge on any atom is 0.273 e. The van der Waals surface area contributed by atoms with Crippen LogP contribution in [0.5, 0.6) is 0 Å². The Balaban J connectivity index is 1.26. The lowest BCUT2D eigenvalue weighted by Gasteiger charge is -2.28. The summed E-state index contributed by atoms with van der Waals surface area (Å²) < 4.78 is 1.89. The molecule has 2 aromatic rings. The highest BCUT2D eigenvalue weighted by Crippen LogP contribution is 2.28. The van der Waals surface area contributed by atoms with Crippen LogP contribution in [0.1, 0.15) is 59.9 Å². The predicted molar refractivity (Wildman–Crippen MR) is 93.0 cm³/mol. The van der Waals surface area contributed by atoms with E-state index < -0.39 is 0 Å². The molecule has 2 saturated carbocycles. The molecule has 4 rings (SSSR count). The number of aromatic nitrogens is 3. The number of carbonyl (C=O) groups is 1. The average Bonchev–Trinajstić information content (AvgIpc) is 3.08. The molecule has 0 atom stereocenters. The highest BCUT2D eigenvalue weighted by atomic mass is 32.1. The largest absolute Gasteiger partial charge is 0.348 e. The van der Waals surface area contributed by atoms with Gasteiger partial charge in [0, 0.05) is 23.5 Å². The quantitative estimate of drug-likeness (QED) is 0.844. The first-order valence-electron chi connectivity index (χ1n) is 8.76. The molecule has 6 nitrogen and oxygen atoms in total. The van der Waals surface area contributed by atoms with Gasteiger partial charge in [-0.2, -0.15) is 0 Å². The molecule has 1 amide bonds. The van der Waals surface area contributed by atoms with E-state index in [4.69, 9.17) is 0 Å². The Labute approximate surface area is 145 Å². The van der Waals surface area contributed by atoms with Crippen LogP contribution in [0, 0.1) is 0 Å². The van der Waals surface area contributed by atoms with Gasteiger partial charge in [-0.15, -0.1) is 16.4 Å². The van der Waals surface area contributed by atoms with E-state index >= 15 is 0 Å². The monoisotopic (exact) mass is 345 g/mol. The van der Waals surface area contributed by atoms with Crippen LogP contribution in [0.15, 0.2) is 23.7 Å². The van der Waals surface area contributed by atoms with Gasteiger partial charge < -0.3 is 10.6 Å². The van der Waals surface area contributed by atoms with E-state index in [1.54, 1.807) is 11.3 Å². The van der Waals surface area contributed by atoms with E-state index in [-0.39, 0.29) is 5.91 Å². The first-order valence-corrected chi connectivity index (χ1v) is 9.64. The molecular weight excluding hydrogens is 322 g/mol. The number of nitrogens with zero attached hydrogens (tertiary/aromatic N) is 3. The highest BCUT2D eigenvalue weighted by molar-refractivity contribution is 7.09. The summed E-state index contributed by atoms with van der Waals surface area (Å²) in [6.07, 6.45) is 8.41. The number of hydrogen-bond donors (Lipinski definition) is 2. The molecule has 0 bridgehead atoms. The van der Waals surface area contributed by atoms with Crippen LogP contribution in [0.3, 0.4) is 0 Å². The summed E-state index contributed by atoms with van der Waals surface area (Å²) in [4.78, 5) is 13.4. The number of nitrogens with one attached hydrogen (secondary N) is 2. The van der Waals surface area contributed by atoms with Crippen molar-refractivity contribution in [1.29, 1.82) is 0 Å². The molecule has 2 aliphatic rings. The second-order valence-electron chi connectivity index (χ2n) is 6.80. The van der Waals surface area contributed by atoms with Crippen molar-refractivity contribution in [2.75, 3.05) is 0 Å². The van der Waals surface area contributed by atoms with E-state index in [2.05, 4.69) is 38.5 Å². The zero-order valence-corrected chi connectivity index (χ0v) is 14.5. The molecule has 2 heterocycles. The summed E-state index contributed by atoms with van der Waals surface area (Å²) in [6, 6.07) is 5.56. The molecule has 2 aliphatic carbocycles. The van der Waals surface area contributed by atoms with Gasteiger partial charge in [0.05, 0.1) is 12.2 Å². The Bertz CT molecular complexity index is 671. The molecule has 2 N–H and O–H groups in total. The van der Waals surface area contributed by atoms with Crippen LogP contribution in [0.2, 0.25) is 0 Å². The highest BCUT2D eigenvalue weighted by Gasteiger charge is 2.27. The van der Waals surface area contributed by atoms with Gasteiger partial charge in [0.25, 0.3) is 5.91 Å². The van der Waals surface area contributed by atoms with Crippen LogP contribution >= 0.6 is 11.3 Å². The fourth-order valence-electron chi connectivity index (χ4n) is 3.25. The molecule has 0 saturated heterocycles. The van der Waals surface area contributed by atoms with Gasteiger partial charge in [0.1, 0.15) is 0 Å². The molecule has 2 fully saturated rings. The molecular formula is C17H23N5OS. The van der Waals surface area contributed by atoms with E-state index in [0.29, 0.717) is 23.8 Å². The first kappa shape index (κ1) is 15.8. The zero-order chi connectivity index (χ0) is 16.4. The Kier molecular flexibility index (Phi) is 4.62. The lowest BCUT2D eigenvalue weighted by atomic mass is 9.91. The smallest absolute Gasteiger partial charge is 0.273 e. The number of rotatable bonds is 6. The summed E-state index contributed by atoms with van der Waals surface area (Å²) in [5.74, 6) is -0.0879. The molecule has 128 valence electrons. The third kappa shape index (κ3) is 3.84. The summed E-state index contributed by atoms with van der Waals surface area (Å²) in [7, 11) is 0. The van der Waals surface area contributed by atoms with Crippen molar-refractivity contribution in [1.82, 2.24) is 25.6 Å². The van der Waals surface area contributed by atoms with Crippen molar-refractivity contribution in [2.45, 2.75) is 63.2 Å². The minimum atomic E-state index is -0.0879. The van der Waals surface area contributed by atoms with Crippen molar-refractivity contribution in [3.8, 4) is 0 Å². The van der Waals surface area contributed by atoms with Crippen LogP contribution in [-0.4, -0.2) is 33.0 Å². The molecule has 7 heteroatoms. The van der Waals surface area contributed by atoms with Crippen molar-refractivity contribution < 1.29 is 4.79 Å². The third-order valence-corrected chi connectivity index (χ3v) is 5.75. The minimum Gasteiger partial charge on any atom is -0.348 e. The summed E-state index contributed by atoms with van der Waals surface area (Å²) in [5, 5.41) is 17.0. The Hall–Kier alpha value is -1.73. The van der Waals surface area contributed by atoms with Crippen molar-refractivity contribution in [2.24, 2.45) is 0 Å². The van der Waals surface area contributed by atoms with Gasteiger partial charge in [-0.05, 0) is 50.0 Å². The maximum atomic E-state index is 12.0. The van der Waals surface area contributed by atoms with Gasteiger partial charge in [0.15, 0.2) is 5.69 Å². The Morgan fingerprint density at radius 1 is 1.21 bits per heavy atom. The molecule has 0 aromatic carbocycles. The number of amides is 1. The molecule has 0 radical (unpaired) electrons. The van der Waals surface area contributed by atoms with Crippen LogP contribution in [0.25, 0.3) is 0 Å². The predicted octanol–water partition coefficient (Wildman–Crippen LogP) is 2.51. The molecule has 24 heavy (non-hydrogen) atoms. The molecule has 0 unspecified atom stereocenters. The molecule has 0 spiro atoms. The number of carbonyl (C=O) groups excluding carboxylic acids is 1. The SMILES string of the molecule is O=C(NC1CC1)c1cn(C2CCC(NCc3cccs3)CC2)nn1. The Morgan fingerprint density at radius 2 is 2.00 bits per heavy atom. The van der Waals surface area contributed by atoms with E-state index in [1.807, 2.05) is 10.9 Å². The lowest BCUT2D eigenvalue weighted by Crippen LogP contribution is -2.33. The minimum absolute atomic E-state index is 0.0879. The molecule has 2 aromatic heterocycles. The van der Waals surface area contributed by atoms with E-state index in [0.717, 1.165) is 45.1 Å². The third-order valence-electron chi connectivity index (χ3n) is 4.87. The van der Waals surface area contributed by atoms with Gasteiger partial charge in [-0.1, -0.05) is 11.3 Å². The van der Waals surface area contributed by atoms with Gasteiger partial charge in [-0.25, -0.2) is 4.68 Å². The van der Waals surface area contributed by atoms with Crippen LogP contribution in [-0.2, 0) is 6.54 Å². The second-order valence-corrected chi connectivity index (χ2v) is 7.83. The van der Waals surface area contributed by atoms with Crippen molar-refractivity contribution in [3.63, 3.8) is 0 Å². The summed E-state index contributed by atoms with van der Waals surface area (Å²) in [5.41, 5.74) is 0.444. The van der Waals surface area contributed by atoms with Crippen molar-refractivity contribution >= 4 is 17.2 Å².